The zero-order valence-corrected chi connectivity index (χ0v) is 15.0. The van der Waals surface area contributed by atoms with E-state index in [1.54, 1.807) is 0 Å². The molecule has 0 aromatic heterocycles. The Kier molecular flexibility index (Phi) is 6.60. The van der Waals surface area contributed by atoms with Crippen molar-refractivity contribution in [1.82, 2.24) is 5.32 Å². The molecule has 2 N–H and O–H groups in total. The first-order valence-electron chi connectivity index (χ1n) is 8.24. The Hall–Kier alpha value is -1.87. The summed E-state index contributed by atoms with van der Waals surface area (Å²) < 4.78 is 0. The van der Waals surface area contributed by atoms with E-state index >= 15 is 0 Å². The van der Waals surface area contributed by atoms with Gasteiger partial charge >= 0.3 is 0 Å². The number of rotatable bonds is 6. The van der Waals surface area contributed by atoms with E-state index in [1.807, 2.05) is 0 Å². The molecule has 2 aromatic carbocycles. The lowest BCUT2D eigenvalue weighted by Crippen LogP contribution is -2.33. The third-order valence-corrected chi connectivity index (χ3v) is 4.38. The Morgan fingerprint density at radius 1 is 1.09 bits per heavy atom. The van der Waals surface area contributed by atoms with Gasteiger partial charge in [-0.05, 0) is 61.2 Å². The normalized spacial score (nSPS) is 11.8. The van der Waals surface area contributed by atoms with Crippen molar-refractivity contribution in [3.63, 3.8) is 0 Å². The summed E-state index contributed by atoms with van der Waals surface area (Å²) in [4.78, 5) is 0. The quantitative estimate of drug-likeness (QED) is 0.741. The van der Waals surface area contributed by atoms with Crippen LogP contribution in [0, 0.1) is 19.8 Å². The van der Waals surface area contributed by atoms with Crippen molar-refractivity contribution in [1.29, 1.82) is 0 Å². The van der Waals surface area contributed by atoms with Crippen LogP contribution < -0.4 is 10.6 Å². The van der Waals surface area contributed by atoms with Crippen LogP contribution in [0.25, 0.3) is 0 Å². The van der Waals surface area contributed by atoms with Gasteiger partial charge in [-0.3, -0.25) is 0 Å². The molecule has 122 valence electrons. The molecule has 1 atom stereocenters. The largest absolute Gasteiger partial charge is 0.362 e. The fraction of sp³-hybridized carbons (Fsp3) is 0.350. The maximum atomic E-state index is 5.45. The first-order chi connectivity index (χ1) is 11.1. The molecule has 23 heavy (non-hydrogen) atoms. The highest BCUT2D eigenvalue weighted by molar-refractivity contribution is 7.80. The van der Waals surface area contributed by atoms with Crippen LogP contribution in [0.4, 0.5) is 5.69 Å². The number of nitrogens with one attached hydrogen (secondary N) is 2. The molecular formula is C20H26N2S. The van der Waals surface area contributed by atoms with Crippen LogP contribution in [0.5, 0.6) is 0 Å². The Morgan fingerprint density at radius 3 is 2.52 bits per heavy atom. The van der Waals surface area contributed by atoms with Crippen LogP contribution in [-0.4, -0.2) is 11.7 Å². The van der Waals surface area contributed by atoms with Crippen molar-refractivity contribution in [2.24, 2.45) is 5.92 Å². The minimum atomic E-state index is 0.579. The van der Waals surface area contributed by atoms with Crippen molar-refractivity contribution in [2.45, 2.75) is 33.6 Å². The Labute approximate surface area is 145 Å². The molecule has 0 unspecified atom stereocenters. The third-order valence-electron chi connectivity index (χ3n) is 4.14. The second-order valence-electron chi connectivity index (χ2n) is 6.12. The first kappa shape index (κ1) is 17.5. The van der Waals surface area contributed by atoms with Crippen LogP contribution in [0.2, 0.25) is 0 Å². The highest BCUT2D eigenvalue weighted by Gasteiger charge is 2.09. The highest BCUT2D eigenvalue weighted by Crippen LogP contribution is 2.16. The molecule has 0 heterocycles. The van der Waals surface area contributed by atoms with E-state index in [-0.39, 0.29) is 0 Å². The van der Waals surface area contributed by atoms with Crippen molar-refractivity contribution < 1.29 is 0 Å². The number of anilines is 1. The number of benzene rings is 2. The molecule has 2 rings (SSSR count). The summed E-state index contributed by atoms with van der Waals surface area (Å²) in [6.07, 6.45) is 2.21. The monoisotopic (exact) mass is 326 g/mol. The zero-order valence-electron chi connectivity index (χ0n) is 14.2. The molecule has 0 aliphatic heterocycles. The van der Waals surface area contributed by atoms with Crippen molar-refractivity contribution in [3.05, 3.63) is 65.2 Å². The standard InChI is InChI=1S/C20H26N2S/c1-4-17(13-18-8-6-5-7-9-18)14-21-20(23)22-19-12-15(2)10-11-16(19)3/h5-12,17H,4,13-14H2,1-3H3,(H2,21,22,23)/t17-/m0/s1. The molecule has 0 bridgehead atoms. The maximum Gasteiger partial charge on any atom is 0.170 e. The van der Waals surface area contributed by atoms with Gasteiger partial charge in [-0.1, -0.05) is 55.8 Å². The van der Waals surface area contributed by atoms with Gasteiger partial charge in [0.15, 0.2) is 5.11 Å². The SMILES string of the molecule is CC[C@H](CNC(=S)Nc1cc(C)ccc1C)Cc1ccccc1. The lowest BCUT2D eigenvalue weighted by molar-refractivity contribution is 0.498. The number of aryl methyl sites for hydroxylation is 2. The van der Waals surface area contributed by atoms with E-state index < -0.39 is 0 Å². The van der Waals surface area contributed by atoms with Crippen LogP contribution in [0.15, 0.2) is 48.5 Å². The highest BCUT2D eigenvalue weighted by atomic mass is 32.1. The summed E-state index contributed by atoms with van der Waals surface area (Å²) in [5.41, 5.74) is 4.90. The van der Waals surface area contributed by atoms with Crippen LogP contribution in [0.1, 0.15) is 30.0 Å². The Morgan fingerprint density at radius 2 is 1.83 bits per heavy atom. The van der Waals surface area contributed by atoms with Gasteiger partial charge in [0.25, 0.3) is 0 Å². The smallest absolute Gasteiger partial charge is 0.170 e. The molecule has 0 saturated carbocycles. The molecule has 0 spiro atoms. The van der Waals surface area contributed by atoms with Crippen LogP contribution in [-0.2, 0) is 6.42 Å². The summed E-state index contributed by atoms with van der Waals surface area (Å²) in [5, 5.41) is 7.38. The van der Waals surface area contributed by atoms with E-state index in [2.05, 4.69) is 79.9 Å². The Bertz CT molecular complexity index is 637. The van der Waals surface area contributed by atoms with Crippen LogP contribution >= 0.6 is 12.2 Å². The summed E-state index contributed by atoms with van der Waals surface area (Å²) in [5.74, 6) is 0.579. The topological polar surface area (TPSA) is 24.1 Å². The second kappa shape index (κ2) is 8.68. The lowest BCUT2D eigenvalue weighted by atomic mass is 9.97. The van der Waals surface area contributed by atoms with Gasteiger partial charge in [-0.15, -0.1) is 0 Å². The summed E-state index contributed by atoms with van der Waals surface area (Å²) in [6.45, 7) is 7.31. The average Bonchev–Trinajstić information content (AvgIpc) is 2.56. The molecule has 0 amide bonds. The minimum absolute atomic E-state index is 0.579. The molecule has 2 nitrogen and oxygen atoms in total. The fourth-order valence-electron chi connectivity index (χ4n) is 2.58. The molecule has 0 aliphatic rings. The molecule has 2 aromatic rings. The number of hydrogen-bond acceptors (Lipinski definition) is 1. The molecular weight excluding hydrogens is 300 g/mol. The van der Waals surface area contributed by atoms with E-state index in [9.17, 15) is 0 Å². The van der Waals surface area contributed by atoms with Gasteiger partial charge in [0.1, 0.15) is 0 Å². The molecule has 0 saturated heterocycles. The average molecular weight is 327 g/mol. The van der Waals surface area contributed by atoms with Crippen LogP contribution in [0.3, 0.4) is 0 Å². The van der Waals surface area contributed by atoms with Gasteiger partial charge in [0.05, 0.1) is 0 Å². The second-order valence-corrected chi connectivity index (χ2v) is 6.53. The third kappa shape index (κ3) is 5.68. The van der Waals surface area contributed by atoms with Crippen molar-refractivity contribution in [3.8, 4) is 0 Å². The predicted molar refractivity (Wildman–Crippen MR) is 104 cm³/mol. The Balaban J connectivity index is 1.86. The van der Waals surface area contributed by atoms with Crippen molar-refractivity contribution >= 4 is 23.0 Å². The van der Waals surface area contributed by atoms with E-state index in [0.717, 1.165) is 25.1 Å². The predicted octanol–water partition coefficient (Wildman–Crippen LogP) is 4.86. The van der Waals surface area contributed by atoms with Gasteiger partial charge in [0.2, 0.25) is 0 Å². The summed E-state index contributed by atoms with van der Waals surface area (Å²) in [6, 6.07) is 17.0. The van der Waals surface area contributed by atoms with Gasteiger partial charge < -0.3 is 10.6 Å². The van der Waals surface area contributed by atoms with Gasteiger partial charge in [0, 0.05) is 12.2 Å². The zero-order chi connectivity index (χ0) is 16.7. The summed E-state index contributed by atoms with van der Waals surface area (Å²) >= 11 is 5.45. The van der Waals surface area contributed by atoms with E-state index in [1.165, 1.54) is 16.7 Å². The number of hydrogen-bond donors (Lipinski definition) is 2. The molecule has 0 fully saturated rings. The van der Waals surface area contributed by atoms with E-state index in [0.29, 0.717) is 11.0 Å². The minimum Gasteiger partial charge on any atom is -0.362 e. The molecule has 3 heteroatoms. The molecule has 0 radical (unpaired) electrons. The first-order valence-corrected chi connectivity index (χ1v) is 8.65. The van der Waals surface area contributed by atoms with Crippen molar-refractivity contribution in [2.75, 3.05) is 11.9 Å². The fourth-order valence-corrected chi connectivity index (χ4v) is 2.78. The van der Waals surface area contributed by atoms with Gasteiger partial charge in [-0.2, -0.15) is 0 Å². The lowest BCUT2D eigenvalue weighted by Gasteiger charge is -2.18. The van der Waals surface area contributed by atoms with E-state index in [4.69, 9.17) is 12.2 Å². The molecule has 0 aliphatic carbocycles. The summed E-state index contributed by atoms with van der Waals surface area (Å²) in [7, 11) is 0. The number of thiocarbonyl (C=S) groups is 1. The maximum absolute atomic E-state index is 5.45. The van der Waals surface area contributed by atoms with Gasteiger partial charge in [-0.25, -0.2) is 0 Å².